The summed E-state index contributed by atoms with van der Waals surface area (Å²) in [5, 5.41) is 11.6. The van der Waals surface area contributed by atoms with Crippen LogP contribution in [0.15, 0.2) is 59.6 Å². The van der Waals surface area contributed by atoms with Crippen LogP contribution in [0.25, 0.3) is 22.4 Å². The molecule has 0 amide bonds. The van der Waals surface area contributed by atoms with E-state index in [1.165, 1.54) is 37.7 Å². The summed E-state index contributed by atoms with van der Waals surface area (Å²) in [5.74, 6) is 1.75. The summed E-state index contributed by atoms with van der Waals surface area (Å²) in [5.41, 5.74) is 5.77. The summed E-state index contributed by atoms with van der Waals surface area (Å²) < 4.78 is 0. The molecule has 152 valence electrons. The highest BCUT2D eigenvalue weighted by molar-refractivity contribution is 7.99. The largest absolute Gasteiger partial charge is 0.240 e. The van der Waals surface area contributed by atoms with Crippen LogP contribution in [0, 0.1) is 24.2 Å². The van der Waals surface area contributed by atoms with Gasteiger partial charge in [-0.1, -0.05) is 72.8 Å². The van der Waals surface area contributed by atoms with Crippen molar-refractivity contribution in [1.82, 2.24) is 4.98 Å². The maximum absolute atomic E-state index is 10.0. The minimum atomic E-state index is 0.661. The molecule has 1 heterocycles. The van der Waals surface area contributed by atoms with Crippen LogP contribution >= 0.6 is 23.4 Å². The number of benzene rings is 2. The van der Waals surface area contributed by atoms with Crippen LogP contribution < -0.4 is 0 Å². The molecule has 0 unspecified atom stereocenters. The second-order valence-electron chi connectivity index (χ2n) is 8.03. The Morgan fingerprint density at radius 1 is 1.00 bits per heavy atom. The van der Waals surface area contributed by atoms with Crippen molar-refractivity contribution in [2.24, 2.45) is 5.92 Å². The minimum Gasteiger partial charge on any atom is -0.240 e. The lowest BCUT2D eigenvalue weighted by atomic mass is 9.91. The molecule has 0 radical (unpaired) electrons. The van der Waals surface area contributed by atoms with E-state index in [1.807, 2.05) is 30.3 Å². The van der Waals surface area contributed by atoms with Crippen molar-refractivity contribution in [2.45, 2.75) is 44.1 Å². The zero-order valence-electron chi connectivity index (χ0n) is 17.2. The predicted molar refractivity (Wildman–Crippen MR) is 127 cm³/mol. The first-order valence-corrected chi connectivity index (χ1v) is 11.9. The first-order valence-electron chi connectivity index (χ1n) is 10.5. The quantitative estimate of drug-likeness (QED) is 0.384. The van der Waals surface area contributed by atoms with Crippen LogP contribution in [0.2, 0.25) is 5.02 Å². The molecule has 0 aliphatic heterocycles. The molecular weight excluding hydrogens is 408 g/mol. The highest BCUT2D eigenvalue weighted by Gasteiger charge is 2.19. The van der Waals surface area contributed by atoms with Gasteiger partial charge in [-0.05, 0) is 49.4 Å². The second-order valence-corrected chi connectivity index (χ2v) is 9.48. The smallest absolute Gasteiger partial charge is 0.115 e. The molecule has 1 aromatic heterocycles. The van der Waals surface area contributed by atoms with Gasteiger partial charge in [0.15, 0.2) is 0 Å². The Kier molecular flexibility index (Phi) is 6.77. The lowest BCUT2D eigenvalue weighted by Crippen LogP contribution is -2.09. The van der Waals surface area contributed by atoms with E-state index < -0.39 is 0 Å². The Hall–Kier alpha value is -2.28. The van der Waals surface area contributed by atoms with Crippen molar-refractivity contribution in [2.75, 3.05) is 5.75 Å². The predicted octanol–water partition coefficient (Wildman–Crippen LogP) is 7.92. The van der Waals surface area contributed by atoms with Gasteiger partial charge in [0.2, 0.25) is 0 Å². The van der Waals surface area contributed by atoms with E-state index in [9.17, 15) is 5.26 Å². The van der Waals surface area contributed by atoms with Crippen LogP contribution in [0.1, 0.15) is 43.2 Å². The van der Waals surface area contributed by atoms with E-state index in [2.05, 4.69) is 37.3 Å². The Balaban J connectivity index is 1.76. The van der Waals surface area contributed by atoms with Crippen molar-refractivity contribution >= 4 is 23.4 Å². The van der Waals surface area contributed by atoms with Gasteiger partial charge in [-0.25, -0.2) is 4.98 Å². The van der Waals surface area contributed by atoms with Crippen LogP contribution in [-0.2, 0) is 0 Å². The Labute approximate surface area is 188 Å². The third kappa shape index (κ3) is 4.89. The highest BCUT2D eigenvalue weighted by atomic mass is 35.5. The van der Waals surface area contributed by atoms with E-state index in [4.69, 9.17) is 16.6 Å². The molecule has 1 aliphatic rings. The Morgan fingerprint density at radius 3 is 2.33 bits per heavy atom. The van der Waals surface area contributed by atoms with Crippen LogP contribution in [0.3, 0.4) is 0 Å². The SMILES string of the molecule is Cc1ccc(-c2cc(-c3ccc(Cl)cc3)c(C#N)c(SCC3CCCCC3)n2)cc1. The summed E-state index contributed by atoms with van der Waals surface area (Å²) in [4.78, 5) is 4.95. The molecule has 0 N–H and O–H groups in total. The van der Waals surface area contributed by atoms with Gasteiger partial charge in [0, 0.05) is 21.9 Å². The van der Waals surface area contributed by atoms with E-state index in [1.54, 1.807) is 11.8 Å². The summed E-state index contributed by atoms with van der Waals surface area (Å²) >= 11 is 7.84. The third-order valence-electron chi connectivity index (χ3n) is 5.78. The van der Waals surface area contributed by atoms with E-state index >= 15 is 0 Å². The maximum Gasteiger partial charge on any atom is 0.115 e. The zero-order chi connectivity index (χ0) is 20.9. The molecule has 1 aliphatic carbocycles. The molecule has 30 heavy (non-hydrogen) atoms. The van der Waals surface area contributed by atoms with Crippen molar-refractivity contribution in [1.29, 1.82) is 5.26 Å². The summed E-state index contributed by atoms with van der Waals surface area (Å²) in [6.07, 6.45) is 6.58. The van der Waals surface area contributed by atoms with E-state index in [0.29, 0.717) is 10.6 Å². The van der Waals surface area contributed by atoms with Gasteiger partial charge < -0.3 is 0 Å². The standard InChI is InChI=1S/C26H25ClN2S/c1-18-7-9-21(10-8-18)25-15-23(20-11-13-22(27)14-12-20)24(16-28)26(29-25)30-17-19-5-3-2-4-6-19/h7-15,19H,2-6,17H2,1H3. The van der Waals surface area contributed by atoms with E-state index in [0.717, 1.165) is 39.1 Å². The van der Waals surface area contributed by atoms with Gasteiger partial charge in [0.05, 0.1) is 11.3 Å². The number of nitrogens with zero attached hydrogens (tertiary/aromatic N) is 2. The van der Waals surface area contributed by atoms with Gasteiger partial charge in [0.1, 0.15) is 11.1 Å². The molecule has 0 atom stereocenters. The van der Waals surface area contributed by atoms with Crippen LogP contribution in [-0.4, -0.2) is 10.7 Å². The fourth-order valence-corrected chi connectivity index (χ4v) is 5.33. The lowest BCUT2D eigenvalue weighted by molar-refractivity contribution is 0.391. The van der Waals surface area contributed by atoms with Crippen LogP contribution in [0.4, 0.5) is 0 Å². The summed E-state index contributed by atoms with van der Waals surface area (Å²) in [7, 11) is 0. The number of hydrogen-bond donors (Lipinski definition) is 0. The molecular formula is C26H25ClN2S. The number of pyridine rings is 1. The number of aromatic nitrogens is 1. The zero-order valence-corrected chi connectivity index (χ0v) is 18.8. The first kappa shape index (κ1) is 21.0. The fraction of sp³-hybridized carbons (Fsp3) is 0.308. The van der Waals surface area contributed by atoms with Crippen LogP contribution in [0.5, 0.6) is 0 Å². The van der Waals surface area contributed by atoms with Crippen molar-refractivity contribution < 1.29 is 0 Å². The number of hydrogen-bond acceptors (Lipinski definition) is 3. The monoisotopic (exact) mass is 432 g/mol. The summed E-state index contributed by atoms with van der Waals surface area (Å²) in [6, 6.07) is 20.6. The Bertz CT molecular complexity index is 1050. The normalized spacial score (nSPS) is 14.4. The van der Waals surface area contributed by atoms with Gasteiger partial charge in [-0.3, -0.25) is 0 Å². The second kappa shape index (κ2) is 9.69. The molecule has 0 saturated heterocycles. The number of rotatable bonds is 5. The van der Waals surface area contributed by atoms with Crippen molar-refractivity contribution in [3.8, 4) is 28.5 Å². The average Bonchev–Trinajstić information content (AvgIpc) is 2.79. The lowest BCUT2D eigenvalue weighted by Gasteiger charge is -2.21. The molecule has 4 rings (SSSR count). The molecule has 2 aromatic carbocycles. The Morgan fingerprint density at radius 2 is 1.67 bits per heavy atom. The number of halogens is 1. The average molecular weight is 433 g/mol. The molecule has 2 nitrogen and oxygen atoms in total. The fourth-order valence-electron chi connectivity index (χ4n) is 4.01. The topological polar surface area (TPSA) is 36.7 Å². The molecule has 1 saturated carbocycles. The molecule has 0 spiro atoms. The van der Waals surface area contributed by atoms with Crippen molar-refractivity contribution in [3.63, 3.8) is 0 Å². The van der Waals surface area contributed by atoms with E-state index in [-0.39, 0.29) is 0 Å². The molecule has 4 heteroatoms. The molecule has 3 aromatic rings. The summed E-state index contributed by atoms with van der Waals surface area (Å²) in [6.45, 7) is 2.08. The van der Waals surface area contributed by atoms with Gasteiger partial charge in [-0.2, -0.15) is 5.26 Å². The third-order valence-corrected chi connectivity index (χ3v) is 7.24. The maximum atomic E-state index is 10.0. The molecule has 1 fully saturated rings. The van der Waals surface area contributed by atoms with Gasteiger partial charge in [0.25, 0.3) is 0 Å². The molecule has 0 bridgehead atoms. The minimum absolute atomic E-state index is 0.661. The number of thioether (sulfide) groups is 1. The van der Waals surface area contributed by atoms with Gasteiger partial charge >= 0.3 is 0 Å². The number of aryl methyl sites for hydroxylation is 1. The first-order chi connectivity index (χ1) is 14.6. The number of nitriles is 1. The van der Waals surface area contributed by atoms with Gasteiger partial charge in [-0.15, -0.1) is 11.8 Å². The highest BCUT2D eigenvalue weighted by Crippen LogP contribution is 2.37. The van der Waals surface area contributed by atoms with Crippen molar-refractivity contribution in [3.05, 3.63) is 70.7 Å².